The summed E-state index contributed by atoms with van der Waals surface area (Å²) in [5.41, 5.74) is 3.96. The van der Waals surface area contributed by atoms with Gasteiger partial charge in [0.2, 0.25) is 0 Å². The van der Waals surface area contributed by atoms with Crippen LogP contribution in [0.2, 0.25) is 5.15 Å². The lowest BCUT2D eigenvalue weighted by atomic mass is 10.3. The van der Waals surface area contributed by atoms with Crippen molar-refractivity contribution in [3.63, 3.8) is 0 Å². The topological polar surface area (TPSA) is 38.9 Å². The molecule has 0 radical (unpaired) electrons. The highest BCUT2D eigenvalue weighted by Gasteiger charge is 2.16. The van der Waals surface area contributed by atoms with E-state index in [0.717, 1.165) is 6.07 Å². The Hall–Kier alpha value is -0.970. The van der Waals surface area contributed by atoms with Gasteiger partial charge in [-0.05, 0) is 0 Å². The first-order valence-corrected chi connectivity index (χ1v) is 3.29. The molecule has 0 bridgehead atoms. The summed E-state index contributed by atoms with van der Waals surface area (Å²) in [6.45, 7) is 0. The molecular formula is C6H4ClF3N2. The van der Waals surface area contributed by atoms with E-state index in [1.54, 1.807) is 0 Å². The molecule has 1 aromatic heterocycles. The van der Waals surface area contributed by atoms with Crippen molar-refractivity contribution in [2.24, 2.45) is 0 Å². The normalized spacial score (nSPS) is 10.8. The lowest BCUT2D eigenvalue weighted by Gasteiger charge is -2.03. The second kappa shape index (κ2) is 3.18. The number of anilines is 1. The number of alkyl halides is 2. The van der Waals surface area contributed by atoms with E-state index < -0.39 is 28.8 Å². The Labute approximate surface area is 71.2 Å². The Balaban J connectivity index is 3.23. The van der Waals surface area contributed by atoms with Gasteiger partial charge in [0.05, 0.1) is 5.69 Å². The van der Waals surface area contributed by atoms with Crippen molar-refractivity contribution in [3.05, 3.63) is 22.7 Å². The molecule has 6 heteroatoms. The molecule has 0 aliphatic carbocycles. The van der Waals surface area contributed by atoms with Crippen LogP contribution in [0.25, 0.3) is 0 Å². The summed E-state index contributed by atoms with van der Waals surface area (Å²) in [7, 11) is 0. The Morgan fingerprint density at radius 3 is 2.58 bits per heavy atom. The Morgan fingerprint density at radius 1 is 1.50 bits per heavy atom. The highest BCUT2D eigenvalue weighted by Crippen LogP contribution is 2.26. The molecule has 0 saturated heterocycles. The van der Waals surface area contributed by atoms with E-state index in [9.17, 15) is 13.2 Å². The molecule has 2 N–H and O–H groups in total. The SMILES string of the molecule is Nc1cc(F)c(Cl)nc1C(F)F. The van der Waals surface area contributed by atoms with Crippen LogP contribution in [0, 0.1) is 5.82 Å². The molecule has 12 heavy (non-hydrogen) atoms. The minimum atomic E-state index is -2.84. The minimum absolute atomic E-state index is 0.396. The standard InChI is InChI=1S/C6H4ClF3N2/c7-5-2(8)1-3(11)4(12-5)6(9)10/h1,6H,11H2. The third-order valence-electron chi connectivity index (χ3n) is 1.20. The molecular weight excluding hydrogens is 193 g/mol. The highest BCUT2D eigenvalue weighted by molar-refractivity contribution is 6.29. The summed E-state index contributed by atoms with van der Waals surface area (Å²) in [6, 6.07) is 0.719. The number of rotatable bonds is 1. The number of aromatic nitrogens is 1. The van der Waals surface area contributed by atoms with E-state index in [4.69, 9.17) is 17.3 Å². The van der Waals surface area contributed by atoms with E-state index in [0.29, 0.717) is 0 Å². The number of hydrogen-bond acceptors (Lipinski definition) is 2. The first-order valence-electron chi connectivity index (χ1n) is 2.92. The maximum atomic E-state index is 12.5. The van der Waals surface area contributed by atoms with Crippen LogP contribution >= 0.6 is 11.6 Å². The monoisotopic (exact) mass is 196 g/mol. The minimum Gasteiger partial charge on any atom is -0.397 e. The van der Waals surface area contributed by atoms with Crippen molar-refractivity contribution in [2.75, 3.05) is 5.73 Å². The number of nitrogens with two attached hydrogens (primary N) is 1. The van der Waals surface area contributed by atoms with E-state index in [2.05, 4.69) is 4.98 Å². The van der Waals surface area contributed by atoms with Gasteiger partial charge in [-0.3, -0.25) is 0 Å². The molecule has 0 atom stereocenters. The molecule has 1 heterocycles. The van der Waals surface area contributed by atoms with Crippen LogP contribution in [0.1, 0.15) is 12.1 Å². The van der Waals surface area contributed by atoms with Crippen molar-refractivity contribution < 1.29 is 13.2 Å². The van der Waals surface area contributed by atoms with E-state index in [1.807, 2.05) is 0 Å². The van der Waals surface area contributed by atoms with Gasteiger partial charge in [0.15, 0.2) is 11.0 Å². The van der Waals surface area contributed by atoms with Gasteiger partial charge in [-0.15, -0.1) is 0 Å². The van der Waals surface area contributed by atoms with Gasteiger partial charge in [-0.2, -0.15) is 0 Å². The van der Waals surface area contributed by atoms with Gasteiger partial charge in [0.1, 0.15) is 5.69 Å². The van der Waals surface area contributed by atoms with Crippen molar-refractivity contribution in [2.45, 2.75) is 6.43 Å². The summed E-state index contributed by atoms with van der Waals surface area (Å²) in [5, 5.41) is -0.598. The van der Waals surface area contributed by atoms with E-state index >= 15 is 0 Å². The predicted molar refractivity (Wildman–Crippen MR) is 38.6 cm³/mol. The van der Waals surface area contributed by atoms with Crippen molar-refractivity contribution in [1.29, 1.82) is 0 Å². The summed E-state index contributed by atoms with van der Waals surface area (Å²) < 4.78 is 36.5. The van der Waals surface area contributed by atoms with Crippen molar-refractivity contribution in [3.8, 4) is 0 Å². The summed E-state index contributed by atoms with van der Waals surface area (Å²) in [4.78, 5) is 3.09. The molecule has 0 fully saturated rings. The Bertz CT molecular complexity index is 303. The fourth-order valence-electron chi connectivity index (χ4n) is 0.669. The predicted octanol–water partition coefficient (Wildman–Crippen LogP) is 2.39. The molecule has 0 saturated carbocycles. The van der Waals surface area contributed by atoms with Gasteiger partial charge in [0.25, 0.3) is 6.43 Å². The fraction of sp³-hybridized carbons (Fsp3) is 0.167. The molecule has 0 spiro atoms. The van der Waals surface area contributed by atoms with Crippen LogP contribution in [0.4, 0.5) is 18.9 Å². The zero-order valence-electron chi connectivity index (χ0n) is 5.69. The third-order valence-corrected chi connectivity index (χ3v) is 1.47. The summed E-state index contributed by atoms with van der Waals surface area (Å²) in [6.07, 6.45) is -2.84. The zero-order valence-corrected chi connectivity index (χ0v) is 6.45. The van der Waals surface area contributed by atoms with Crippen molar-refractivity contribution >= 4 is 17.3 Å². The molecule has 1 rings (SSSR count). The van der Waals surface area contributed by atoms with Crippen LogP contribution in [0.5, 0.6) is 0 Å². The second-order valence-corrected chi connectivity index (χ2v) is 2.39. The van der Waals surface area contributed by atoms with Crippen LogP contribution in [0.15, 0.2) is 6.07 Å². The molecule has 0 aliphatic heterocycles. The van der Waals surface area contributed by atoms with Gasteiger partial charge >= 0.3 is 0 Å². The lowest BCUT2D eigenvalue weighted by Crippen LogP contribution is -2.00. The molecule has 0 aliphatic rings. The first-order chi connectivity index (χ1) is 5.52. The van der Waals surface area contributed by atoms with Gasteiger partial charge in [-0.25, -0.2) is 18.2 Å². The zero-order chi connectivity index (χ0) is 9.30. The van der Waals surface area contributed by atoms with Crippen LogP contribution in [-0.4, -0.2) is 4.98 Å². The number of nitrogen functional groups attached to an aromatic ring is 1. The average Bonchev–Trinajstić information content (AvgIpc) is 1.96. The quantitative estimate of drug-likeness (QED) is 0.701. The molecule has 0 unspecified atom stereocenters. The fourth-order valence-corrected chi connectivity index (χ4v) is 0.814. The van der Waals surface area contributed by atoms with Crippen LogP contribution in [0.3, 0.4) is 0 Å². The van der Waals surface area contributed by atoms with Gasteiger partial charge in [0, 0.05) is 6.07 Å². The number of halogens is 4. The third kappa shape index (κ3) is 1.61. The van der Waals surface area contributed by atoms with E-state index in [1.165, 1.54) is 0 Å². The van der Waals surface area contributed by atoms with Crippen LogP contribution in [-0.2, 0) is 0 Å². The van der Waals surface area contributed by atoms with Gasteiger partial charge < -0.3 is 5.73 Å². The maximum Gasteiger partial charge on any atom is 0.282 e. The molecule has 1 aromatic rings. The second-order valence-electron chi connectivity index (χ2n) is 2.04. The van der Waals surface area contributed by atoms with Crippen LogP contribution < -0.4 is 5.73 Å². The first kappa shape index (κ1) is 9.12. The summed E-state index contributed by atoms with van der Waals surface area (Å²) >= 11 is 5.15. The van der Waals surface area contributed by atoms with Crippen molar-refractivity contribution in [1.82, 2.24) is 4.98 Å². The highest BCUT2D eigenvalue weighted by atomic mass is 35.5. The number of pyridine rings is 1. The van der Waals surface area contributed by atoms with Gasteiger partial charge in [-0.1, -0.05) is 11.6 Å². The maximum absolute atomic E-state index is 12.5. The molecule has 2 nitrogen and oxygen atoms in total. The molecule has 66 valence electrons. The number of hydrogen-bond donors (Lipinski definition) is 1. The molecule has 0 aromatic carbocycles. The Kier molecular flexibility index (Phi) is 2.42. The Morgan fingerprint density at radius 2 is 2.08 bits per heavy atom. The number of nitrogens with zero attached hydrogens (tertiary/aromatic N) is 1. The lowest BCUT2D eigenvalue weighted by molar-refractivity contribution is 0.147. The molecule has 0 amide bonds. The largest absolute Gasteiger partial charge is 0.397 e. The summed E-state index contributed by atoms with van der Waals surface area (Å²) in [5.74, 6) is -0.904. The smallest absolute Gasteiger partial charge is 0.282 e. The van der Waals surface area contributed by atoms with E-state index in [-0.39, 0.29) is 0 Å². The average molecular weight is 197 g/mol.